The number of hydrogen-bond donors (Lipinski definition) is 1. The molecule has 1 aliphatic heterocycles. The lowest BCUT2D eigenvalue weighted by molar-refractivity contribution is -0.137. The standard InChI is InChI=1S/C18H16F4N2S/c19-15-6-1-2-7-16(15)24-9-14(17-10-23-11-25-17)12-4-3-5-13(8-12)18(20,21)22/h1-9,14,17,23H,10-11H2. The van der Waals surface area contributed by atoms with Crippen LogP contribution in [-0.2, 0) is 6.18 Å². The second kappa shape index (κ2) is 7.58. The lowest BCUT2D eigenvalue weighted by Gasteiger charge is -2.20. The Labute approximate surface area is 147 Å². The van der Waals surface area contributed by atoms with Crippen molar-refractivity contribution in [1.29, 1.82) is 0 Å². The highest BCUT2D eigenvalue weighted by molar-refractivity contribution is 8.00. The molecule has 2 aromatic carbocycles. The maximum Gasteiger partial charge on any atom is 0.416 e. The molecule has 3 rings (SSSR count). The van der Waals surface area contributed by atoms with Crippen LogP contribution in [0, 0.1) is 5.82 Å². The summed E-state index contributed by atoms with van der Waals surface area (Å²) < 4.78 is 52.8. The summed E-state index contributed by atoms with van der Waals surface area (Å²) in [4.78, 5) is 4.20. The molecular formula is C18H16F4N2S. The Bertz CT molecular complexity index is 755. The molecule has 132 valence electrons. The molecule has 0 spiro atoms. The summed E-state index contributed by atoms with van der Waals surface area (Å²) in [6.07, 6.45) is -2.84. The summed E-state index contributed by atoms with van der Waals surface area (Å²) in [7, 11) is 0. The number of benzene rings is 2. The lowest BCUT2D eigenvalue weighted by Crippen LogP contribution is -2.22. The van der Waals surface area contributed by atoms with Crippen LogP contribution in [0.5, 0.6) is 0 Å². The van der Waals surface area contributed by atoms with Gasteiger partial charge in [-0.1, -0.05) is 30.3 Å². The van der Waals surface area contributed by atoms with Crippen LogP contribution in [0.3, 0.4) is 0 Å². The quantitative estimate of drug-likeness (QED) is 0.607. The van der Waals surface area contributed by atoms with E-state index in [1.165, 1.54) is 18.2 Å². The van der Waals surface area contributed by atoms with Gasteiger partial charge in [-0.25, -0.2) is 4.39 Å². The van der Waals surface area contributed by atoms with Crippen LogP contribution >= 0.6 is 11.8 Å². The first-order valence-corrected chi connectivity index (χ1v) is 8.78. The van der Waals surface area contributed by atoms with Crippen molar-refractivity contribution in [3.05, 3.63) is 65.5 Å². The highest BCUT2D eigenvalue weighted by Gasteiger charge is 2.32. The number of aliphatic imine (C=N–C) groups is 1. The van der Waals surface area contributed by atoms with Crippen LogP contribution in [-0.4, -0.2) is 23.9 Å². The molecule has 2 aromatic rings. The first-order chi connectivity index (χ1) is 11.9. The van der Waals surface area contributed by atoms with E-state index < -0.39 is 17.6 Å². The first-order valence-electron chi connectivity index (χ1n) is 7.73. The van der Waals surface area contributed by atoms with Crippen LogP contribution in [0.4, 0.5) is 23.2 Å². The zero-order valence-corrected chi connectivity index (χ0v) is 13.9. The number of para-hydroxylation sites is 1. The fourth-order valence-corrected chi connectivity index (χ4v) is 3.81. The van der Waals surface area contributed by atoms with Crippen molar-refractivity contribution in [3.8, 4) is 0 Å². The number of alkyl halides is 3. The fourth-order valence-electron chi connectivity index (χ4n) is 2.69. The third-order valence-corrected chi connectivity index (χ3v) is 5.23. The second-order valence-corrected chi connectivity index (χ2v) is 6.91. The van der Waals surface area contributed by atoms with E-state index in [4.69, 9.17) is 0 Å². The minimum atomic E-state index is -4.40. The Morgan fingerprint density at radius 3 is 2.64 bits per heavy atom. The van der Waals surface area contributed by atoms with Gasteiger partial charge in [0.1, 0.15) is 5.82 Å². The Morgan fingerprint density at radius 1 is 1.16 bits per heavy atom. The molecule has 0 amide bonds. The van der Waals surface area contributed by atoms with Gasteiger partial charge in [-0.15, -0.1) is 11.8 Å². The number of hydrogen-bond acceptors (Lipinski definition) is 3. The van der Waals surface area contributed by atoms with Gasteiger partial charge in [0.25, 0.3) is 0 Å². The number of rotatable bonds is 4. The summed E-state index contributed by atoms with van der Waals surface area (Å²) in [6, 6.07) is 11.3. The van der Waals surface area contributed by atoms with Crippen LogP contribution in [0.25, 0.3) is 0 Å². The van der Waals surface area contributed by atoms with Crippen molar-refractivity contribution in [2.45, 2.75) is 17.3 Å². The molecule has 0 aliphatic carbocycles. The van der Waals surface area contributed by atoms with Crippen molar-refractivity contribution in [3.63, 3.8) is 0 Å². The molecule has 1 fully saturated rings. The molecule has 0 aromatic heterocycles. The Morgan fingerprint density at radius 2 is 1.96 bits per heavy atom. The normalized spacial score (nSPS) is 19.4. The minimum Gasteiger partial charge on any atom is -0.307 e. The van der Waals surface area contributed by atoms with Crippen LogP contribution in [0.15, 0.2) is 53.5 Å². The molecule has 0 bridgehead atoms. The molecule has 25 heavy (non-hydrogen) atoms. The van der Waals surface area contributed by atoms with E-state index in [2.05, 4.69) is 10.3 Å². The summed E-state index contributed by atoms with van der Waals surface area (Å²) >= 11 is 1.62. The van der Waals surface area contributed by atoms with Crippen LogP contribution < -0.4 is 5.32 Å². The van der Waals surface area contributed by atoms with E-state index in [1.807, 2.05) is 0 Å². The fraction of sp³-hybridized carbons (Fsp3) is 0.278. The summed E-state index contributed by atoms with van der Waals surface area (Å²) in [5.74, 6) is -0.0751. The molecule has 1 aliphatic rings. The summed E-state index contributed by atoms with van der Waals surface area (Å²) in [5, 5.41) is 3.22. The topological polar surface area (TPSA) is 24.4 Å². The van der Waals surface area contributed by atoms with Crippen molar-refractivity contribution in [2.75, 3.05) is 12.4 Å². The van der Waals surface area contributed by atoms with E-state index >= 15 is 0 Å². The highest BCUT2D eigenvalue weighted by Crippen LogP contribution is 2.35. The molecule has 1 saturated heterocycles. The smallest absolute Gasteiger partial charge is 0.307 e. The van der Waals surface area contributed by atoms with E-state index in [0.717, 1.165) is 18.0 Å². The van der Waals surface area contributed by atoms with Crippen LogP contribution in [0.2, 0.25) is 0 Å². The second-order valence-electron chi connectivity index (χ2n) is 5.68. The molecule has 7 heteroatoms. The SMILES string of the molecule is Fc1ccccc1N=CC(c1cccc(C(F)(F)F)c1)C1CNCS1. The zero-order chi connectivity index (χ0) is 17.9. The van der Waals surface area contributed by atoms with E-state index in [0.29, 0.717) is 12.1 Å². The summed E-state index contributed by atoms with van der Waals surface area (Å²) in [5.41, 5.74) is 0.0109. The zero-order valence-electron chi connectivity index (χ0n) is 13.1. The van der Waals surface area contributed by atoms with Crippen molar-refractivity contribution in [2.24, 2.45) is 4.99 Å². The van der Waals surface area contributed by atoms with E-state index in [-0.39, 0.29) is 16.9 Å². The Kier molecular flexibility index (Phi) is 5.44. The third kappa shape index (κ3) is 4.41. The van der Waals surface area contributed by atoms with E-state index in [1.54, 1.807) is 36.2 Å². The molecule has 2 atom stereocenters. The Balaban J connectivity index is 1.94. The predicted molar refractivity (Wildman–Crippen MR) is 93.0 cm³/mol. The van der Waals surface area contributed by atoms with Gasteiger partial charge >= 0.3 is 6.18 Å². The highest BCUT2D eigenvalue weighted by atomic mass is 32.2. The number of nitrogens with one attached hydrogen (secondary N) is 1. The molecule has 2 nitrogen and oxygen atoms in total. The molecule has 1 N–H and O–H groups in total. The number of nitrogens with zero attached hydrogens (tertiary/aromatic N) is 1. The first kappa shape index (κ1) is 17.9. The van der Waals surface area contributed by atoms with Gasteiger partial charge in [-0.2, -0.15) is 13.2 Å². The van der Waals surface area contributed by atoms with Crippen molar-refractivity contribution >= 4 is 23.7 Å². The predicted octanol–water partition coefficient (Wildman–Crippen LogP) is 4.99. The van der Waals surface area contributed by atoms with Crippen molar-refractivity contribution in [1.82, 2.24) is 5.32 Å². The molecular weight excluding hydrogens is 352 g/mol. The monoisotopic (exact) mass is 368 g/mol. The number of thioether (sulfide) groups is 1. The van der Waals surface area contributed by atoms with Gasteiger partial charge in [-0.3, -0.25) is 4.99 Å². The van der Waals surface area contributed by atoms with Gasteiger partial charge in [0.15, 0.2) is 0 Å². The average molecular weight is 368 g/mol. The van der Waals surface area contributed by atoms with Gasteiger partial charge in [0.2, 0.25) is 0 Å². The molecule has 1 heterocycles. The van der Waals surface area contributed by atoms with E-state index in [9.17, 15) is 17.6 Å². The Hall–Kier alpha value is -1.86. The molecule has 0 radical (unpaired) electrons. The largest absolute Gasteiger partial charge is 0.416 e. The lowest BCUT2D eigenvalue weighted by atomic mass is 9.94. The maximum atomic E-state index is 13.8. The molecule has 2 unspecified atom stereocenters. The molecule has 0 saturated carbocycles. The van der Waals surface area contributed by atoms with Crippen molar-refractivity contribution < 1.29 is 17.6 Å². The minimum absolute atomic E-state index is 0.0407. The van der Waals surface area contributed by atoms with Gasteiger partial charge in [0.05, 0.1) is 11.3 Å². The number of halogens is 4. The maximum absolute atomic E-state index is 13.8. The van der Waals surface area contributed by atoms with Crippen LogP contribution in [0.1, 0.15) is 17.0 Å². The van der Waals surface area contributed by atoms with Gasteiger partial charge in [0, 0.05) is 29.8 Å². The van der Waals surface area contributed by atoms with Gasteiger partial charge in [-0.05, 0) is 23.8 Å². The van der Waals surface area contributed by atoms with Gasteiger partial charge < -0.3 is 5.32 Å². The summed E-state index contributed by atoms with van der Waals surface area (Å²) in [6.45, 7) is 0.662. The third-order valence-electron chi connectivity index (χ3n) is 3.97. The average Bonchev–Trinajstić information content (AvgIpc) is 3.10.